The molecule has 0 saturated carbocycles. The Morgan fingerprint density at radius 2 is 1.56 bits per heavy atom. The zero-order chi connectivity index (χ0) is 6.95. The van der Waals surface area contributed by atoms with E-state index in [1.807, 2.05) is 0 Å². The van der Waals surface area contributed by atoms with Gasteiger partial charge in [-0.05, 0) is 12.8 Å². The first-order valence-corrected chi connectivity index (χ1v) is 3.87. The molecule has 0 aliphatic heterocycles. The average molecular weight is 124 g/mol. The first-order valence-electron chi connectivity index (χ1n) is 3.87. The molecular formula is C9H16. The molecule has 9 heavy (non-hydrogen) atoms. The van der Waals surface area contributed by atoms with E-state index in [1.54, 1.807) is 0 Å². The molecule has 0 nitrogen and oxygen atoms in total. The van der Waals surface area contributed by atoms with Crippen molar-refractivity contribution in [2.45, 2.75) is 46.0 Å². The van der Waals surface area contributed by atoms with Crippen LogP contribution in [0.4, 0.5) is 0 Å². The van der Waals surface area contributed by atoms with Gasteiger partial charge in [-0.15, -0.1) is 11.8 Å². The first kappa shape index (κ1) is 8.56. The van der Waals surface area contributed by atoms with Crippen LogP contribution in [0.3, 0.4) is 0 Å². The minimum atomic E-state index is 1.07. The Kier molecular flexibility index (Phi) is 7.19. The van der Waals surface area contributed by atoms with E-state index in [4.69, 9.17) is 0 Å². The second-order valence-corrected chi connectivity index (χ2v) is 2.21. The molecule has 0 amide bonds. The Hall–Kier alpha value is -0.440. The molecule has 0 N–H and O–H groups in total. The van der Waals surface area contributed by atoms with Gasteiger partial charge in [-0.3, -0.25) is 0 Å². The van der Waals surface area contributed by atoms with Crippen LogP contribution in [-0.2, 0) is 0 Å². The maximum atomic E-state index is 3.14. The summed E-state index contributed by atoms with van der Waals surface area (Å²) in [5.74, 6) is 6.26. The highest BCUT2D eigenvalue weighted by molar-refractivity contribution is 4.97. The largest absolute Gasteiger partial charge is 0.103 e. The van der Waals surface area contributed by atoms with Crippen LogP contribution in [-0.4, -0.2) is 0 Å². The van der Waals surface area contributed by atoms with Gasteiger partial charge in [0.05, 0.1) is 0 Å². The summed E-state index contributed by atoms with van der Waals surface area (Å²) in [6, 6.07) is 0. The van der Waals surface area contributed by atoms with Gasteiger partial charge in [-0.2, -0.15) is 0 Å². The van der Waals surface area contributed by atoms with Crippen LogP contribution >= 0.6 is 0 Å². The lowest BCUT2D eigenvalue weighted by Gasteiger charge is -1.83. The molecular weight excluding hydrogens is 108 g/mol. The second kappa shape index (κ2) is 7.56. The van der Waals surface area contributed by atoms with Gasteiger partial charge in [0, 0.05) is 12.8 Å². The van der Waals surface area contributed by atoms with E-state index in [9.17, 15) is 0 Å². The molecule has 0 spiro atoms. The van der Waals surface area contributed by atoms with E-state index >= 15 is 0 Å². The third-order valence-electron chi connectivity index (χ3n) is 1.16. The van der Waals surface area contributed by atoms with E-state index in [-0.39, 0.29) is 0 Å². The third kappa shape index (κ3) is 7.56. The lowest BCUT2D eigenvalue weighted by Crippen LogP contribution is -1.67. The monoisotopic (exact) mass is 124 g/mol. The van der Waals surface area contributed by atoms with Crippen molar-refractivity contribution in [2.75, 3.05) is 0 Å². The molecule has 0 unspecified atom stereocenters. The minimum absolute atomic E-state index is 1.07. The van der Waals surface area contributed by atoms with Crippen molar-refractivity contribution in [1.82, 2.24) is 0 Å². The van der Waals surface area contributed by atoms with Gasteiger partial charge in [-0.1, -0.05) is 20.3 Å². The summed E-state index contributed by atoms with van der Waals surface area (Å²) < 4.78 is 0. The normalized spacial score (nSPS) is 8.22. The average Bonchev–Trinajstić information content (AvgIpc) is 1.89. The Morgan fingerprint density at radius 1 is 0.889 bits per heavy atom. The lowest BCUT2D eigenvalue weighted by atomic mass is 10.2. The molecule has 0 bridgehead atoms. The highest BCUT2D eigenvalue weighted by atomic mass is 13.8. The van der Waals surface area contributed by atoms with Crippen molar-refractivity contribution < 1.29 is 0 Å². The maximum absolute atomic E-state index is 3.14. The van der Waals surface area contributed by atoms with Gasteiger partial charge in [-0.25, -0.2) is 0 Å². The van der Waals surface area contributed by atoms with Crippen LogP contribution in [0.15, 0.2) is 0 Å². The van der Waals surface area contributed by atoms with Gasteiger partial charge in [0.1, 0.15) is 0 Å². The van der Waals surface area contributed by atoms with Gasteiger partial charge in [0.25, 0.3) is 0 Å². The molecule has 0 aromatic rings. The van der Waals surface area contributed by atoms with Crippen molar-refractivity contribution in [2.24, 2.45) is 0 Å². The lowest BCUT2D eigenvalue weighted by molar-refractivity contribution is 0.826. The predicted octanol–water partition coefficient (Wildman–Crippen LogP) is 2.98. The Balaban J connectivity index is 2.96. The predicted molar refractivity (Wildman–Crippen MR) is 42.2 cm³/mol. The van der Waals surface area contributed by atoms with Gasteiger partial charge in [0.2, 0.25) is 0 Å². The standard InChI is InChI=1S/C9H16/c1-3-5-7-9-8-6-4-2/h3-7H2,1-2H3. The quantitative estimate of drug-likeness (QED) is 0.401. The van der Waals surface area contributed by atoms with Crippen LogP contribution in [0.2, 0.25) is 0 Å². The fourth-order valence-electron chi connectivity index (χ4n) is 0.567. The van der Waals surface area contributed by atoms with Crippen LogP contribution < -0.4 is 0 Å². The highest BCUT2D eigenvalue weighted by Gasteiger charge is 1.75. The first-order chi connectivity index (χ1) is 4.41. The smallest absolute Gasteiger partial charge is 0.00885 e. The Bertz CT molecular complexity index is 92.3. The van der Waals surface area contributed by atoms with Gasteiger partial charge < -0.3 is 0 Å². The summed E-state index contributed by atoms with van der Waals surface area (Å²) in [4.78, 5) is 0. The fraction of sp³-hybridized carbons (Fsp3) is 0.778. The number of hydrogen-bond acceptors (Lipinski definition) is 0. The number of rotatable bonds is 3. The van der Waals surface area contributed by atoms with Crippen molar-refractivity contribution in [3.63, 3.8) is 0 Å². The molecule has 0 radical (unpaired) electrons. The zero-order valence-electron chi connectivity index (χ0n) is 6.54. The van der Waals surface area contributed by atoms with Gasteiger partial charge in [0.15, 0.2) is 0 Å². The highest BCUT2D eigenvalue weighted by Crippen LogP contribution is 1.91. The number of unbranched alkanes of at least 4 members (excludes halogenated alkanes) is 3. The molecule has 0 heterocycles. The molecule has 0 heteroatoms. The zero-order valence-corrected chi connectivity index (χ0v) is 6.54. The second-order valence-electron chi connectivity index (χ2n) is 2.21. The van der Waals surface area contributed by atoms with E-state index in [2.05, 4.69) is 25.7 Å². The molecule has 0 aliphatic carbocycles. The Labute approximate surface area is 58.7 Å². The van der Waals surface area contributed by atoms with E-state index < -0.39 is 0 Å². The molecule has 0 aromatic heterocycles. The van der Waals surface area contributed by atoms with Crippen molar-refractivity contribution in [1.29, 1.82) is 0 Å². The fourth-order valence-corrected chi connectivity index (χ4v) is 0.567. The molecule has 0 aromatic carbocycles. The summed E-state index contributed by atoms with van der Waals surface area (Å²) >= 11 is 0. The van der Waals surface area contributed by atoms with E-state index in [0.717, 1.165) is 12.8 Å². The summed E-state index contributed by atoms with van der Waals surface area (Å²) in [6.45, 7) is 4.36. The van der Waals surface area contributed by atoms with Crippen LogP contribution in [0.25, 0.3) is 0 Å². The third-order valence-corrected chi connectivity index (χ3v) is 1.16. The van der Waals surface area contributed by atoms with Gasteiger partial charge >= 0.3 is 0 Å². The van der Waals surface area contributed by atoms with E-state index in [0.29, 0.717) is 0 Å². The summed E-state index contributed by atoms with van der Waals surface area (Å²) in [5.41, 5.74) is 0. The van der Waals surface area contributed by atoms with Crippen LogP contribution in [0.5, 0.6) is 0 Å². The van der Waals surface area contributed by atoms with Crippen LogP contribution in [0.1, 0.15) is 46.0 Å². The molecule has 0 rings (SSSR count). The van der Waals surface area contributed by atoms with Crippen molar-refractivity contribution >= 4 is 0 Å². The summed E-state index contributed by atoms with van der Waals surface area (Å²) in [6.07, 6.45) is 5.89. The van der Waals surface area contributed by atoms with Crippen molar-refractivity contribution in [3.05, 3.63) is 0 Å². The SMILES string of the molecule is CCCC#CCCCC. The minimum Gasteiger partial charge on any atom is -0.103 e. The molecule has 52 valence electrons. The molecule has 0 saturated heterocycles. The summed E-state index contributed by atoms with van der Waals surface area (Å²) in [5, 5.41) is 0. The van der Waals surface area contributed by atoms with Crippen LogP contribution in [0, 0.1) is 11.8 Å². The topological polar surface area (TPSA) is 0 Å². The van der Waals surface area contributed by atoms with E-state index in [1.165, 1.54) is 19.3 Å². The molecule has 0 fully saturated rings. The molecule has 0 atom stereocenters. The number of hydrogen-bond donors (Lipinski definition) is 0. The molecule has 0 aliphatic rings. The maximum Gasteiger partial charge on any atom is 0.00885 e. The van der Waals surface area contributed by atoms with Crippen molar-refractivity contribution in [3.8, 4) is 11.8 Å². The summed E-state index contributed by atoms with van der Waals surface area (Å²) in [7, 11) is 0. The Morgan fingerprint density at radius 3 is 2.11 bits per heavy atom.